The summed E-state index contributed by atoms with van der Waals surface area (Å²) in [6, 6.07) is 15.9. The van der Waals surface area contributed by atoms with Crippen LogP contribution in [0.5, 0.6) is 0 Å². The molecule has 3 nitrogen and oxygen atoms in total. The summed E-state index contributed by atoms with van der Waals surface area (Å²) < 4.78 is 0. The molecule has 0 aromatic heterocycles. The van der Waals surface area contributed by atoms with Gasteiger partial charge in [-0.1, -0.05) is 48.0 Å². The Morgan fingerprint density at radius 3 is 2.67 bits per heavy atom. The van der Waals surface area contributed by atoms with Crippen molar-refractivity contribution in [2.24, 2.45) is 0 Å². The van der Waals surface area contributed by atoms with E-state index in [0.29, 0.717) is 5.02 Å². The van der Waals surface area contributed by atoms with Crippen LogP contribution in [0.15, 0.2) is 60.3 Å². The molecular formula is C20H19ClN2O. The van der Waals surface area contributed by atoms with Gasteiger partial charge in [-0.05, 0) is 54.2 Å². The number of benzene rings is 2. The SMILES string of the molecule is O=C1NC(C2CCCc3ccccc32)=CC(c2ccc(Cl)cc2)N1. The second-order valence-electron chi connectivity index (χ2n) is 6.39. The summed E-state index contributed by atoms with van der Waals surface area (Å²) in [4.78, 5) is 12.2. The third kappa shape index (κ3) is 2.92. The van der Waals surface area contributed by atoms with E-state index in [0.717, 1.165) is 30.5 Å². The average molecular weight is 339 g/mol. The normalized spacial score (nSPS) is 22.9. The van der Waals surface area contributed by atoms with Crippen molar-refractivity contribution >= 4 is 17.6 Å². The first kappa shape index (κ1) is 15.3. The summed E-state index contributed by atoms with van der Waals surface area (Å²) in [6.45, 7) is 0. The molecule has 0 saturated carbocycles. The first-order valence-electron chi connectivity index (χ1n) is 8.33. The molecule has 24 heavy (non-hydrogen) atoms. The van der Waals surface area contributed by atoms with Crippen LogP contribution in [-0.2, 0) is 6.42 Å². The summed E-state index contributed by atoms with van der Waals surface area (Å²) in [5.41, 5.74) is 4.78. The van der Waals surface area contributed by atoms with Crippen molar-refractivity contribution in [1.82, 2.24) is 10.6 Å². The van der Waals surface area contributed by atoms with Gasteiger partial charge in [0.2, 0.25) is 0 Å². The van der Waals surface area contributed by atoms with E-state index >= 15 is 0 Å². The van der Waals surface area contributed by atoms with Crippen LogP contribution in [0.3, 0.4) is 0 Å². The maximum Gasteiger partial charge on any atom is 0.319 e. The van der Waals surface area contributed by atoms with Crippen LogP contribution in [0.4, 0.5) is 4.79 Å². The van der Waals surface area contributed by atoms with E-state index in [1.807, 2.05) is 24.3 Å². The number of carbonyl (C=O) groups excluding carboxylic acids is 1. The molecule has 0 saturated heterocycles. The van der Waals surface area contributed by atoms with Crippen LogP contribution >= 0.6 is 11.6 Å². The first-order chi connectivity index (χ1) is 11.7. The minimum absolute atomic E-state index is 0.125. The lowest BCUT2D eigenvalue weighted by atomic mass is 9.80. The van der Waals surface area contributed by atoms with Crippen LogP contribution in [0.1, 0.15) is 41.5 Å². The lowest BCUT2D eigenvalue weighted by Crippen LogP contribution is -2.43. The molecule has 1 aliphatic carbocycles. The van der Waals surface area contributed by atoms with Gasteiger partial charge in [0.05, 0.1) is 6.04 Å². The Kier molecular flexibility index (Phi) is 4.03. The van der Waals surface area contributed by atoms with Crippen LogP contribution in [0.25, 0.3) is 0 Å². The van der Waals surface area contributed by atoms with Gasteiger partial charge in [-0.2, -0.15) is 0 Å². The van der Waals surface area contributed by atoms with Crippen molar-refractivity contribution in [3.63, 3.8) is 0 Å². The highest BCUT2D eigenvalue weighted by Crippen LogP contribution is 2.37. The average Bonchev–Trinajstić information content (AvgIpc) is 2.61. The quantitative estimate of drug-likeness (QED) is 0.818. The number of fused-ring (bicyclic) bond motifs is 1. The van der Waals surface area contributed by atoms with Crippen LogP contribution in [0.2, 0.25) is 5.02 Å². The van der Waals surface area contributed by atoms with Gasteiger partial charge in [0.15, 0.2) is 0 Å². The smallest absolute Gasteiger partial charge is 0.319 e. The molecule has 2 aliphatic rings. The van der Waals surface area contributed by atoms with Gasteiger partial charge in [0, 0.05) is 16.6 Å². The van der Waals surface area contributed by atoms with Crippen LogP contribution < -0.4 is 10.6 Å². The Morgan fingerprint density at radius 2 is 1.83 bits per heavy atom. The molecule has 122 valence electrons. The molecule has 2 aromatic carbocycles. The van der Waals surface area contributed by atoms with Crippen molar-refractivity contribution in [3.05, 3.63) is 82.0 Å². The van der Waals surface area contributed by atoms with Gasteiger partial charge < -0.3 is 10.6 Å². The van der Waals surface area contributed by atoms with Crippen molar-refractivity contribution in [2.45, 2.75) is 31.2 Å². The number of carbonyl (C=O) groups is 1. The Balaban J connectivity index is 1.69. The monoisotopic (exact) mass is 338 g/mol. The molecule has 2 amide bonds. The van der Waals surface area contributed by atoms with Crippen molar-refractivity contribution in [2.75, 3.05) is 0 Å². The third-order valence-electron chi connectivity index (χ3n) is 4.86. The van der Waals surface area contributed by atoms with E-state index in [2.05, 4.69) is 41.0 Å². The molecule has 0 spiro atoms. The van der Waals surface area contributed by atoms with Gasteiger partial charge >= 0.3 is 6.03 Å². The number of halogens is 1. The van der Waals surface area contributed by atoms with E-state index in [9.17, 15) is 4.79 Å². The van der Waals surface area contributed by atoms with Gasteiger partial charge in [-0.3, -0.25) is 0 Å². The Hall–Kier alpha value is -2.26. The molecule has 2 aromatic rings. The summed E-state index contributed by atoms with van der Waals surface area (Å²) in [6.07, 6.45) is 5.47. The van der Waals surface area contributed by atoms with Gasteiger partial charge in [0.25, 0.3) is 0 Å². The number of hydrogen-bond donors (Lipinski definition) is 2. The van der Waals surface area contributed by atoms with Gasteiger partial charge in [-0.15, -0.1) is 0 Å². The molecule has 2 N–H and O–H groups in total. The molecule has 4 heteroatoms. The lowest BCUT2D eigenvalue weighted by Gasteiger charge is -2.32. The van der Waals surface area contributed by atoms with E-state index in [1.165, 1.54) is 11.1 Å². The molecule has 2 unspecified atom stereocenters. The number of rotatable bonds is 2. The van der Waals surface area contributed by atoms with Crippen molar-refractivity contribution in [3.8, 4) is 0 Å². The second kappa shape index (κ2) is 6.33. The first-order valence-corrected chi connectivity index (χ1v) is 8.71. The maximum absolute atomic E-state index is 12.2. The number of hydrogen-bond acceptors (Lipinski definition) is 1. The Morgan fingerprint density at radius 1 is 1.04 bits per heavy atom. The fraction of sp³-hybridized carbons (Fsp3) is 0.250. The molecule has 1 aliphatic heterocycles. The highest BCUT2D eigenvalue weighted by Gasteiger charge is 2.28. The zero-order chi connectivity index (χ0) is 16.5. The minimum Gasteiger partial charge on any atom is -0.327 e. The molecule has 4 rings (SSSR count). The second-order valence-corrected chi connectivity index (χ2v) is 6.83. The predicted octanol–water partition coefficient (Wildman–Crippen LogP) is 4.70. The fourth-order valence-corrected chi connectivity index (χ4v) is 3.83. The maximum atomic E-state index is 12.2. The fourth-order valence-electron chi connectivity index (χ4n) is 3.70. The highest BCUT2D eigenvalue weighted by molar-refractivity contribution is 6.30. The molecule has 0 bridgehead atoms. The van der Waals surface area contributed by atoms with Gasteiger partial charge in [0.1, 0.15) is 0 Å². The number of amides is 2. The van der Waals surface area contributed by atoms with Gasteiger partial charge in [-0.25, -0.2) is 4.79 Å². The zero-order valence-electron chi connectivity index (χ0n) is 13.3. The third-order valence-corrected chi connectivity index (χ3v) is 5.12. The molecule has 0 radical (unpaired) electrons. The van der Waals surface area contributed by atoms with E-state index in [4.69, 9.17) is 11.6 Å². The summed E-state index contributed by atoms with van der Waals surface area (Å²) in [7, 11) is 0. The number of nitrogens with one attached hydrogen (secondary N) is 2. The van der Waals surface area contributed by atoms with E-state index in [1.54, 1.807) is 0 Å². The largest absolute Gasteiger partial charge is 0.327 e. The number of aryl methyl sites for hydroxylation is 1. The summed E-state index contributed by atoms with van der Waals surface area (Å²) in [5.74, 6) is 0.260. The molecule has 2 atom stereocenters. The summed E-state index contributed by atoms with van der Waals surface area (Å²) in [5, 5.41) is 6.70. The molecule has 0 fully saturated rings. The van der Waals surface area contributed by atoms with Crippen molar-refractivity contribution in [1.29, 1.82) is 0 Å². The lowest BCUT2D eigenvalue weighted by molar-refractivity contribution is 0.238. The number of allylic oxidation sites excluding steroid dienone is 1. The Labute approximate surface area is 146 Å². The summed E-state index contributed by atoms with van der Waals surface area (Å²) >= 11 is 5.97. The minimum atomic E-state index is -0.143. The standard InChI is InChI=1S/C20H19ClN2O/c21-15-10-8-14(9-11-15)18-12-19(23-20(24)22-18)17-7-3-5-13-4-1-2-6-16(13)17/h1-2,4,6,8-12,17-18H,3,5,7H2,(H2,22,23,24). The molecular weight excluding hydrogens is 320 g/mol. The van der Waals surface area contributed by atoms with Crippen LogP contribution in [-0.4, -0.2) is 6.03 Å². The van der Waals surface area contributed by atoms with E-state index in [-0.39, 0.29) is 18.0 Å². The zero-order valence-corrected chi connectivity index (χ0v) is 14.0. The van der Waals surface area contributed by atoms with E-state index < -0.39 is 0 Å². The number of urea groups is 1. The predicted molar refractivity (Wildman–Crippen MR) is 96.1 cm³/mol. The molecule has 1 heterocycles. The Bertz CT molecular complexity index is 798. The van der Waals surface area contributed by atoms with Crippen LogP contribution in [0, 0.1) is 0 Å². The topological polar surface area (TPSA) is 41.1 Å². The van der Waals surface area contributed by atoms with Crippen molar-refractivity contribution < 1.29 is 4.79 Å². The highest BCUT2D eigenvalue weighted by atomic mass is 35.5.